The third-order valence-corrected chi connectivity index (χ3v) is 8.28. The Balaban J connectivity index is 1.15. The minimum absolute atomic E-state index is 0.471. The minimum Gasteiger partial charge on any atom is -0.453 e. The van der Waals surface area contributed by atoms with Crippen LogP contribution in [0, 0.1) is 17.9 Å². The molecule has 6 heteroatoms. The van der Waals surface area contributed by atoms with Crippen molar-refractivity contribution < 1.29 is 9.47 Å². The van der Waals surface area contributed by atoms with E-state index in [2.05, 4.69) is 58.8 Å². The second kappa shape index (κ2) is 12.0. The zero-order valence-electron chi connectivity index (χ0n) is 25.6. The Bertz CT molecular complexity index is 1980. The van der Waals surface area contributed by atoms with Crippen molar-refractivity contribution in [3.05, 3.63) is 136 Å². The average Bonchev–Trinajstić information content (AvgIpc) is 3.10. The van der Waals surface area contributed by atoms with Crippen LogP contribution in [-0.2, 0) is 0 Å². The van der Waals surface area contributed by atoms with Gasteiger partial charge in [0.15, 0.2) is 28.7 Å². The fourth-order valence-corrected chi connectivity index (χ4v) is 6.05. The number of rotatable bonds is 6. The van der Waals surface area contributed by atoms with Crippen molar-refractivity contribution in [3.63, 3.8) is 0 Å². The van der Waals surface area contributed by atoms with Crippen LogP contribution in [-0.4, -0.2) is 13.1 Å². The Hall–Kier alpha value is -6.24. The Morgan fingerprint density at radius 2 is 1.13 bits per heavy atom. The zero-order valence-corrected chi connectivity index (χ0v) is 25.6. The molecule has 5 aromatic rings. The number of hydrogen-bond donors (Lipinski definition) is 0. The van der Waals surface area contributed by atoms with Crippen LogP contribution in [0.5, 0.6) is 23.0 Å². The molecule has 0 aliphatic carbocycles. The molecule has 6 nitrogen and oxygen atoms in total. The normalized spacial score (nSPS) is 12.8. The first kappa shape index (κ1) is 28.5. The van der Waals surface area contributed by atoms with Crippen molar-refractivity contribution in [2.24, 2.45) is 0 Å². The van der Waals surface area contributed by atoms with Gasteiger partial charge in [-0.3, -0.25) is 0 Å². The number of anilines is 4. The van der Waals surface area contributed by atoms with E-state index >= 15 is 0 Å². The molecule has 2 heterocycles. The summed E-state index contributed by atoms with van der Waals surface area (Å²) < 4.78 is 12.5. The number of nitriles is 1. The molecule has 0 fully saturated rings. The average molecular weight is 599 g/mol. The van der Waals surface area contributed by atoms with Gasteiger partial charge < -0.3 is 19.3 Å². The predicted octanol–water partition coefficient (Wildman–Crippen LogP) is 11.0. The van der Waals surface area contributed by atoms with E-state index < -0.39 is 0 Å². The van der Waals surface area contributed by atoms with Crippen LogP contribution < -0.4 is 19.3 Å². The quantitative estimate of drug-likeness (QED) is 0.144. The van der Waals surface area contributed by atoms with Crippen LogP contribution in [0.25, 0.3) is 29.1 Å². The molecule has 0 saturated heterocycles. The van der Waals surface area contributed by atoms with Crippen LogP contribution >= 0.6 is 0 Å². The Morgan fingerprint density at radius 1 is 0.630 bits per heavy atom. The Kier molecular flexibility index (Phi) is 7.46. The van der Waals surface area contributed by atoms with Crippen LogP contribution in [0.1, 0.15) is 41.7 Å². The van der Waals surface area contributed by atoms with Gasteiger partial charge in [0.05, 0.1) is 41.0 Å². The van der Waals surface area contributed by atoms with E-state index in [1.54, 1.807) is 12.1 Å². The van der Waals surface area contributed by atoms with Crippen molar-refractivity contribution in [2.75, 3.05) is 22.9 Å². The summed E-state index contributed by atoms with van der Waals surface area (Å²) in [6.45, 7) is 13.7. The molecule has 0 saturated carbocycles. The van der Waals surface area contributed by atoms with Gasteiger partial charge in [-0.25, -0.2) is 4.85 Å². The molecule has 46 heavy (non-hydrogen) atoms. The maximum Gasteiger partial charge on any atom is 0.194 e. The highest BCUT2D eigenvalue weighted by atomic mass is 16.5. The Labute approximate surface area is 269 Å². The summed E-state index contributed by atoms with van der Waals surface area (Å²) in [7, 11) is 0. The van der Waals surface area contributed by atoms with E-state index in [0.717, 1.165) is 70.0 Å². The summed E-state index contributed by atoms with van der Waals surface area (Å²) in [5.74, 6) is 3.22. The molecule has 0 bridgehead atoms. The molecule has 0 spiro atoms. The summed E-state index contributed by atoms with van der Waals surface area (Å²) in [6, 6.07) is 34.1. The molecule has 0 atom stereocenters. The monoisotopic (exact) mass is 598 g/mol. The molecular formula is C40H30N4O2. The first-order valence-corrected chi connectivity index (χ1v) is 15.3. The predicted molar refractivity (Wildman–Crippen MR) is 187 cm³/mol. The lowest BCUT2D eigenvalue weighted by atomic mass is 10.00. The standard InChI is InChI=1S/C40H30N4O2/c1-4-43-33-10-6-8-12-37(33)45-39-22-27(16-20-35(39)43)14-18-29-25-32(42-3)30(24-31(29)26-41)19-15-28-17-21-36-40(23-28)46-38-13-9-7-11-34(38)44(36)5-2/h6-25H,4-5H2,1-2H3. The van der Waals surface area contributed by atoms with Crippen LogP contribution in [0.15, 0.2) is 97.1 Å². The van der Waals surface area contributed by atoms with E-state index in [4.69, 9.17) is 16.0 Å². The molecule has 0 N–H and O–H groups in total. The minimum atomic E-state index is 0.471. The van der Waals surface area contributed by atoms with Crippen LogP contribution in [0.2, 0.25) is 0 Å². The van der Waals surface area contributed by atoms with Gasteiger partial charge in [-0.15, -0.1) is 0 Å². The second-order valence-corrected chi connectivity index (χ2v) is 11.0. The fraction of sp³-hybridized carbons (Fsp3) is 0.100. The van der Waals surface area contributed by atoms with E-state index in [0.29, 0.717) is 22.4 Å². The molecule has 0 radical (unpaired) electrons. The van der Waals surface area contributed by atoms with Crippen LogP contribution in [0.3, 0.4) is 0 Å². The van der Waals surface area contributed by atoms with Crippen molar-refractivity contribution in [1.29, 1.82) is 5.26 Å². The van der Waals surface area contributed by atoms with Crippen molar-refractivity contribution in [2.45, 2.75) is 13.8 Å². The third-order valence-electron chi connectivity index (χ3n) is 8.28. The van der Waals surface area contributed by atoms with Gasteiger partial charge in [-0.1, -0.05) is 60.7 Å². The van der Waals surface area contributed by atoms with Gasteiger partial charge in [0.1, 0.15) is 0 Å². The number of hydrogen-bond acceptors (Lipinski definition) is 5. The highest BCUT2D eigenvalue weighted by molar-refractivity contribution is 5.85. The van der Waals surface area contributed by atoms with Crippen molar-refractivity contribution >= 4 is 52.7 Å². The fourth-order valence-electron chi connectivity index (χ4n) is 6.05. The number of benzene rings is 5. The van der Waals surface area contributed by atoms with Crippen molar-refractivity contribution in [3.8, 4) is 29.1 Å². The lowest BCUT2D eigenvalue weighted by Gasteiger charge is -2.32. The molecule has 2 aliphatic rings. The van der Waals surface area contributed by atoms with Crippen LogP contribution in [0.4, 0.5) is 28.4 Å². The molecular weight excluding hydrogens is 568 g/mol. The molecule has 0 unspecified atom stereocenters. The summed E-state index contributed by atoms with van der Waals surface area (Å²) in [5, 5.41) is 10.0. The van der Waals surface area contributed by atoms with E-state index in [9.17, 15) is 5.26 Å². The lowest BCUT2D eigenvalue weighted by Crippen LogP contribution is -2.20. The second-order valence-electron chi connectivity index (χ2n) is 11.0. The summed E-state index contributed by atoms with van der Waals surface area (Å²) in [6.07, 6.45) is 7.67. The van der Waals surface area contributed by atoms with E-state index in [1.165, 1.54) is 0 Å². The Morgan fingerprint density at radius 3 is 1.63 bits per heavy atom. The number of para-hydroxylation sites is 4. The first-order valence-electron chi connectivity index (χ1n) is 15.3. The molecule has 2 aliphatic heterocycles. The molecule has 222 valence electrons. The molecule has 0 amide bonds. The molecule has 5 aromatic carbocycles. The highest BCUT2D eigenvalue weighted by Gasteiger charge is 2.24. The van der Waals surface area contributed by atoms with Crippen molar-refractivity contribution in [1.82, 2.24) is 0 Å². The maximum absolute atomic E-state index is 10.0. The number of fused-ring (bicyclic) bond motifs is 4. The number of ether oxygens (including phenoxy) is 2. The number of nitrogens with zero attached hydrogens (tertiary/aromatic N) is 4. The highest BCUT2D eigenvalue weighted by Crippen LogP contribution is 2.48. The van der Waals surface area contributed by atoms with Gasteiger partial charge in [0, 0.05) is 13.1 Å². The lowest BCUT2D eigenvalue weighted by molar-refractivity contribution is 0.473. The molecule has 0 aromatic heterocycles. The largest absolute Gasteiger partial charge is 0.453 e. The summed E-state index contributed by atoms with van der Waals surface area (Å²) >= 11 is 0. The van der Waals surface area contributed by atoms with E-state index in [1.807, 2.05) is 85.0 Å². The maximum atomic E-state index is 10.0. The zero-order chi connectivity index (χ0) is 31.6. The van der Waals surface area contributed by atoms with Gasteiger partial charge in [0.25, 0.3) is 0 Å². The van der Waals surface area contributed by atoms with Gasteiger partial charge in [-0.2, -0.15) is 5.26 Å². The molecule has 7 rings (SSSR count). The van der Waals surface area contributed by atoms with Gasteiger partial charge >= 0.3 is 0 Å². The smallest absolute Gasteiger partial charge is 0.194 e. The van der Waals surface area contributed by atoms with Gasteiger partial charge in [-0.05, 0) is 96.8 Å². The summed E-state index contributed by atoms with van der Waals surface area (Å²) in [5.41, 5.74) is 8.34. The van der Waals surface area contributed by atoms with Gasteiger partial charge in [0.2, 0.25) is 0 Å². The third kappa shape index (κ3) is 5.13. The van der Waals surface area contributed by atoms with E-state index in [-0.39, 0.29) is 0 Å². The SMILES string of the molecule is [C-]#[N+]c1cc(C=Cc2ccc3c(c2)Oc2ccccc2N3CC)c(C#N)cc1C=Cc1ccc2c(c1)Oc1ccccc1N2CC. The summed E-state index contributed by atoms with van der Waals surface area (Å²) in [4.78, 5) is 8.26. The topological polar surface area (TPSA) is 53.1 Å². The first-order chi connectivity index (χ1) is 22.6.